The van der Waals surface area contributed by atoms with Crippen LogP contribution in [0.25, 0.3) is 0 Å². The molecule has 2 rings (SSSR count). The van der Waals surface area contributed by atoms with Gasteiger partial charge in [-0.3, -0.25) is 14.4 Å². The lowest BCUT2D eigenvalue weighted by molar-refractivity contribution is -0.359. The first-order valence-corrected chi connectivity index (χ1v) is 17.0. The number of aliphatic hydroxyl groups is 7. The van der Waals surface area contributed by atoms with E-state index >= 15 is 0 Å². The molecular weight excluding hydrogens is 638 g/mol. The van der Waals surface area contributed by atoms with Gasteiger partial charge in [-0.15, -0.1) is 0 Å². The maximum absolute atomic E-state index is 13.1. The predicted octanol–water partition coefficient (Wildman–Crippen LogP) is -2.71. The van der Waals surface area contributed by atoms with Crippen molar-refractivity contribution in [3.05, 3.63) is 0 Å². The first-order chi connectivity index (χ1) is 22.9. The second-order valence-electron chi connectivity index (χ2n) is 12.3. The van der Waals surface area contributed by atoms with Gasteiger partial charge in [0.15, 0.2) is 12.6 Å². The Labute approximate surface area is 281 Å². The minimum Gasteiger partial charge on any atom is -0.394 e. The summed E-state index contributed by atoms with van der Waals surface area (Å²) in [5.41, 5.74) is 0. The molecule has 2 heterocycles. The second-order valence-corrected chi connectivity index (χ2v) is 12.3. The quantitative estimate of drug-likeness (QED) is 0.0516. The van der Waals surface area contributed by atoms with Gasteiger partial charge in [-0.05, 0) is 19.3 Å². The fourth-order valence-corrected chi connectivity index (χ4v) is 5.43. The molecule has 3 amide bonds. The molecule has 0 spiro atoms. The number of hydrogen-bond donors (Lipinski definition) is 10. The molecule has 0 aliphatic carbocycles. The first kappa shape index (κ1) is 42.1. The van der Waals surface area contributed by atoms with Gasteiger partial charge in [-0.25, -0.2) is 0 Å². The van der Waals surface area contributed by atoms with Crippen LogP contribution in [0.3, 0.4) is 0 Å². The Morgan fingerprint density at radius 3 is 1.94 bits per heavy atom. The van der Waals surface area contributed by atoms with Crippen LogP contribution in [0.15, 0.2) is 0 Å². The summed E-state index contributed by atoms with van der Waals surface area (Å²) in [6, 6.07) is -1.18. The Kier molecular flexibility index (Phi) is 19.9. The highest BCUT2D eigenvalue weighted by Crippen LogP contribution is 2.29. The number of ether oxygens (including phenoxy) is 4. The van der Waals surface area contributed by atoms with Crippen LogP contribution in [-0.2, 0) is 33.3 Å². The highest BCUT2D eigenvalue weighted by Gasteiger charge is 2.50. The third-order valence-electron chi connectivity index (χ3n) is 8.32. The van der Waals surface area contributed by atoms with Crippen molar-refractivity contribution in [2.45, 2.75) is 146 Å². The van der Waals surface area contributed by atoms with Gasteiger partial charge in [0.2, 0.25) is 17.7 Å². The van der Waals surface area contributed by atoms with Gasteiger partial charge in [-0.2, -0.15) is 0 Å². The normalized spacial score (nSPS) is 31.2. The molecule has 11 atom stereocenters. The van der Waals surface area contributed by atoms with Crippen molar-refractivity contribution < 1.29 is 69.1 Å². The molecule has 17 nitrogen and oxygen atoms in total. The molecule has 280 valence electrons. The molecular formula is C31H57N3O14. The third kappa shape index (κ3) is 13.7. The van der Waals surface area contributed by atoms with Crippen LogP contribution >= 0.6 is 0 Å². The number of amides is 3. The van der Waals surface area contributed by atoms with Crippen molar-refractivity contribution in [1.82, 2.24) is 16.0 Å². The lowest BCUT2D eigenvalue weighted by Crippen LogP contribution is -2.65. The number of unbranched alkanes of at least 4 members (excludes halogenated alkanes) is 7. The maximum Gasteiger partial charge on any atom is 0.244 e. The van der Waals surface area contributed by atoms with E-state index in [0.29, 0.717) is 32.4 Å². The van der Waals surface area contributed by atoms with Crippen molar-refractivity contribution in [3.8, 4) is 0 Å². The fourth-order valence-electron chi connectivity index (χ4n) is 5.43. The van der Waals surface area contributed by atoms with E-state index in [4.69, 9.17) is 18.9 Å². The van der Waals surface area contributed by atoms with Crippen LogP contribution in [0.2, 0.25) is 0 Å². The lowest BCUT2D eigenvalue weighted by Gasteiger charge is -2.46. The van der Waals surface area contributed by atoms with Gasteiger partial charge in [0.1, 0.15) is 54.9 Å². The Balaban J connectivity index is 2.00. The molecule has 2 fully saturated rings. The topological polar surface area (TPSA) is 266 Å². The minimum absolute atomic E-state index is 0.117. The first-order valence-electron chi connectivity index (χ1n) is 17.0. The zero-order chi connectivity index (χ0) is 35.6. The molecule has 2 aliphatic heterocycles. The molecule has 6 unspecified atom stereocenters. The minimum atomic E-state index is -1.81. The Morgan fingerprint density at radius 2 is 1.29 bits per heavy atom. The molecule has 48 heavy (non-hydrogen) atoms. The number of hydrogen-bond acceptors (Lipinski definition) is 14. The molecule has 0 bridgehead atoms. The standard InChI is InChI=1S/C31H57N3O14/c1-3-4-5-6-7-10-14-33-29(44)19(34-22(38)12-9-8-11-13-32-18(2)37)17-45-30-27(43)25(41)28(21(16-36)47-30)48-31-26(42)24(40)23(39)20(15-35)46-31/h19-21,23-28,30-31,35-36,39-43H,3-17H2,1-2H3,(H,32,37)(H,33,44)(H,34,38)/t19-,20?,21?,23-,24?,25?,26?,27?,28+,30+,31-/m0/s1. The van der Waals surface area contributed by atoms with Gasteiger partial charge in [0, 0.05) is 26.4 Å². The highest BCUT2D eigenvalue weighted by molar-refractivity contribution is 5.87. The van der Waals surface area contributed by atoms with Crippen LogP contribution in [0.1, 0.15) is 78.1 Å². The zero-order valence-electron chi connectivity index (χ0n) is 27.9. The second kappa shape index (κ2) is 22.6. The van der Waals surface area contributed by atoms with Crippen molar-refractivity contribution >= 4 is 17.7 Å². The van der Waals surface area contributed by atoms with E-state index in [-0.39, 0.29) is 12.3 Å². The van der Waals surface area contributed by atoms with E-state index in [2.05, 4.69) is 22.9 Å². The summed E-state index contributed by atoms with van der Waals surface area (Å²) in [5, 5.41) is 79.6. The van der Waals surface area contributed by atoms with Crippen molar-refractivity contribution in [1.29, 1.82) is 0 Å². The summed E-state index contributed by atoms with van der Waals surface area (Å²) in [6.45, 7) is 2.48. The van der Waals surface area contributed by atoms with E-state index in [1.165, 1.54) is 6.92 Å². The van der Waals surface area contributed by atoms with Crippen LogP contribution < -0.4 is 16.0 Å². The smallest absolute Gasteiger partial charge is 0.244 e. The van der Waals surface area contributed by atoms with E-state index < -0.39 is 99.1 Å². The van der Waals surface area contributed by atoms with Crippen LogP contribution in [0.4, 0.5) is 0 Å². The molecule has 2 aliphatic rings. The Morgan fingerprint density at radius 1 is 0.708 bits per heavy atom. The summed E-state index contributed by atoms with van der Waals surface area (Å²) < 4.78 is 22.1. The summed E-state index contributed by atoms with van der Waals surface area (Å²) >= 11 is 0. The number of aliphatic hydroxyl groups excluding tert-OH is 7. The molecule has 0 aromatic heterocycles. The zero-order valence-corrected chi connectivity index (χ0v) is 27.9. The number of nitrogens with one attached hydrogen (secondary N) is 3. The van der Waals surface area contributed by atoms with E-state index in [1.54, 1.807) is 0 Å². The summed E-state index contributed by atoms with van der Waals surface area (Å²) in [6.07, 6.45) is -8.15. The van der Waals surface area contributed by atoms with Crippen LogP contribution in [0.5, 0.6) is 0 Å². The van der Waals surface area contributed by atoms with Crippen molar-refractivity contribution in [2.75, 3.05) is 32.9 Å². The van der Waals surface area contributed by atoms with Gasteiger partial charge in [0.25, 0.3) is 0 Å². The van der Waals surface area contributed by atoms with Crippen molar-refractivity contribution in [3.63, 3.8) is 0 Å². The van der Waals surface area contributed by atoms with Gasteiger partial charge in [0.05, 0.1) is 19.8 Å². The summed E-state index contributed by atoms with van der Waals surface area (Å²) in [5.74, 6) is -1.07. The number of carbonyl (C=O) groups excluding carboxylic acids is 3. The predicted molar refractivity (Wildman–Crippen MR) is 168 cm³/mol. The molecule has 2 saturated heterocycles. The molecule has 0 radical (unpaired) electrons. The highest BCUT2D eigenvalue weighted by atomic mass is 16.7. The Hall–Kier alpha value is -2.03. The monoisotopic (exact) mass is 695 g/mol. The number of rotatable bonds is 22. The number of carbonyl (C=O) groups is 3. The average molecular weight is 696 g/mol. The molecule has 0 aromatic rings. The molecule has 10 N–H and O–H groups in total. The van der Waals surface area contributed by atoms with Gasteiger partial charge in [-0.1, -0.05) is 45.4 Å². The van der Waals surface area contributed by atoms with Crippen LogP contribution in [0, 0.1) is 0 Å². The molecule has 0 aromatic carbocycles. The summed E-state index contributed by atoms with van der Waals surface area (Å²) in [7, 11) is 0. The SMILES string of the molecule is CCCCCCCCNC(=O)[C@H](CO[C@@H]1OC(CO)[C@@H](O[C@@H]2OC(CO)[C@H](O)C(O)C2O)C(O)C1O)NC(=O)CCCCCNC(C)=O. The summed E-state index contributed by atoms with van der Waals surface area (Å²) in [4.78, 5) is 36.8. The average Bonchev–Trinajstić information content (AvgIpc) is 3.06. The van der Waals surface area contributed by atoms with Gasteiger partial charge >= 0.3 is 0 Å². The third-order valence-corrected chi connectivity index (χ3v) is 8.32. The van der Waals surface area contributed by atoms with E-state index in [9.17, 15) is 50.1 Å². The van der Waals surface area contributed by atoms with Crippen LogP contribution in [-0.4, -0.2) is 154 Å². The fraction of sp³-hybridized carbons (Fsp3) is 0.903. The molecule has 17 heteroatoms. The van der Waals surface area contributed by atoms with Gasteiger partial charge < -0.3 is 70.6 Å². The van der Waals surface area contributed by atoms with E-state index in [1.807, 2.05) is 0 Å². The lowest BCUT2D eigenvalue weighted by atomic mass is 9.97. The molecule has 0 saturated carbocycles. The van der Waals surface area contributed by atoms with E-state index in [0.717, 1.165) is 38.5 Å². The van der Waals surface area contributed by atoms with Crippen molar-refractivity contribution in [2.24, 2.45) is 0 Å². The Bertz CT molecular complexity index is 944. The maximum atomic E-state index is 13.1. The largest absolute Gasteiger partial charge is 0.394 e.